The fourth-order valence-corrected chi connectivity index (χ4v) is 6.72. The molecule has 0 aliphatic heterocycles. The van der Waals surface area contributed by atoms with E-state index in [1.165, 1.54) is 154 Å². The quantitative estimate of drug-likeness (QED) is 0.0440. The first kappa shape index (κ1) is 48.6. The van der Waals surface area contributed by atoms with Crippen molar-refractivity contribution in [3.05, 3.63) is 36.5 Å². The highest BCUT2D eigenvalue weighted by molar-refractivity contribution is 5.76. The molecule has 3 N–H and O–H groups in total. The molecule has 0 spiro atoms. The Hall–Kier alpha value is -1.39. The van der Waals surface area contributed by atoms with Gasteiger partial charge in [-0.05, 0) is 51.4 Å². The van der Waals surface area contributed by atoms with E-state index in [9.17, 15) is 15.0 Å². The van der Waals surface area contributed by atoms with Crippen LogP contribution in [0.1, 0.15) is 232 Å². The van der Waals surface area contributed by atoms with Crippen molar-refractivity contribution < 1.29 is 15.0 Å². The highest BCUT2D eigenvalue weighted by Crippen LogP contribution is 2.16. The van der Waals surface area contributed by atoms with Crippen molar-refractivity contribution in [2.45, 2.75) is 244 Å². The normalized spacial score (nSPS) is 13.3. The summed E-state index contributed by atoms with van der Waals surface area (Å²) in [4.78, 5) is 12.4. The Kier molecular flexibility index (Phi) is 40.9. The highest BCUT2D eigenvalue weighted by atomic mass is 16.3. The average molecular weight is 702 g/mol. The number of rotatable bonds is 40. The van der Waals surface area contributed by atoms with Crippen molar-refractivity contribution in [1.82, 2.24) is 5.32 Å². The molecule has 0 radical (unpaired) electrons. The predicted molar refractivity (Wildman–Crippen MR) is 221 cm³/mol. The lowest BCUT2D eigenvalue weighted by molar-refractivity contribution is -0.123. The van der Waals surface area contributed by atoms with Crippen molar-refractivity contribution in [2.75, 3.05) is 6.61 Å². The van der Waals surface area contributed by atoms with Gasteiger partial charge in [-0.1, -0.05) is 211 Å². The molecule has 2 atom stereocenters. The molecule has 0 heterocycles. The topological polar surface area (TPSA) is 69.6 Å². The lowest BCUT2D eigenvalue weighted by Crippen LogP contribution is -2.45. The van der Waals surface area contributed by atoms with Crippen LogP contribution in [0.5, 0.6) is 0 Å². The van der Waals surface area contributed by atoms with Crippen LogP contribution in [0.4, 0.5) is 0 Å². The molecule has 0 saturated carbocycles. The summed E-state index contributed by atoms with van der Waals surface area (Å²) in [5, 5.41) is 23.2. The molecule has 0 rings (SSSR count). The van der Waals surface area contributed by atoms with Crippen molar-refractivity contribution in [1.29, 1.82) is 0 Å². The minimum Gasteiger partial charge on any atom is -0.394 e. The zero-order valence-corrected chi connectivity index (χ0v) is 33.7. The summed E-state index contributed by atoms with van der Waals surface area (Å²) in [6.45, 7) is 4.35. The Morgan fingerprint density at radius 3 is 1.22 bits per heavy atom. The van der Waals surface area contributed by atoms with Crippen LogP contribution in [0.25, 0.3) is 0 Å². The van der Waals surface area contributed by atoms with E-state index in [2.05, 4.69) is 55.6 Å². The first-order chi connectivity index (χ1) is 24.7. The Labute approximate surface area is 312 Å². The van der Waals surface area contributed by atoms with Crippen molar-refractivity contribution in [2.24, 2.45) is 0 Å². The van der Waals surface area contributed by atoms with E-state index in [4.69, 9.17) is 0 Å². The van der Waals surface area contributed by atoms with Crippen LogP contribution in [0.3, 0.4) is 0 Å². The van der Waals surface area contributed by atoms with E-state index in [0.717, 1.165) is 51.4 Å². The maximum atomic E-state index is 12.4. The average Bonchev–Trinajstić information content (AvgIpc) is 3.12. The molecule has 0 aromatic rings. The van der Waals surface area contributed by atoms with E-state index < -0.39 is 12.1 Å². The number of hydrogen-bond acceptors (Lipinski definition) is 3. The second-order valence-corrected chi connectivity index (χ2v) is 15.1. The van der Waals surface area contributed by atoms with Gasteiger partial charge in [-0.3, -0.25) is 4.79 Å². The standard InChI is InChI=1S/C46H87NO3/c1-3-5-7-9-11-13-15-17-19-21-22-23-24-26-28-30-32-34-36-38-40-42-46(50)47-44(43-48)45(49)41-39-37-35-33-31-29-27-25-20-18-16-14-12-10-8-6-4-2/h15,17,21-22,24,26,44-45,48-49H,3-14,16,18-20,23,25,27-43H2,1-2H3,(H,47,50)/b17-15-,22-21-,26-24-. The molecule has 2 unspecified atom stereocenters. The molecule has 4 nitrogen and oxygen atoms in total. The van der Waals surface area contributed by atoms with E-state index in [1.54, 1.807) is 0 Å². The lowest BCUT2D eigenvalue weighted by atomic mass is 10.0. The summed E-state index contributed by atoms with van der Waals surface area (Å²) in [6, 6.07) is -0.543. The van der Waals surface area contributed by atoms with Crippen LogP contribution in [0.15, 0.2) is 36.5 Å². The molecule has 0 aliphatic rings. The summed E-state index contributed by atoms with van der Waals surface area (Å²) in [6.07, 6.45) is 55.0. The number of hydrogen-bond donors (Lipinski definition) is 3. The largest absolute Gasteiger partial charge is 0.394 e. The molecule has 0 aromatic carbocycles. The molecule has 50 heavy (non-hydrogen) atoms. The number of aliphatic hydroxyl groups is 2. The summed E-state index contributed by atoms with van der Waals surface area (Å²) >= 11 is 0. The van der Waals surface area contributed by atoms with Crippen molar-refractivity contribution in [3.8, 4) is 0 Å². The molecule has 0 aromatic heterocycles. The first-order valence-electron chi connectivity index (χ1n) is 22.2. The third-order valence-electron chi connectivity index (χ3n) is 10.2. The molecular formula is C46H87NO3. The number of amides is 1. The van der Waals surface area contributed by atoms with Gasteiger partial charge in [0, 0.05) is 6.42 Å². The van der Waals surface area contributed by atoms with E-state index in [1.807, 2.05) is 0 Å². The zero-order valence-electron chi connectivity index (χ0n) is 33.7. The maximum Gasteiger partial charge on any atom is 0.220 e. The van der Waals surface area contributed by atoms with Gasteiger partial charge in [0.05, 0.1) is 18.8 Å². The number of nitrogens with one attached hydrogen (secondary N) is 1. The van der Waals surface area contributed by atoms with Gasteiger partial charge >= 0.3 is 0 Å². The monoisotopic (exact) mass is 702 g/mol. The third-order valence-corrected chi connectivity index (χ3v) is 10.2. The lowest BCUT2D eigenvalue weighted by Gasteiger charge is -2.22. The summed E-state index contributed by atoms with van der Waals surface area (Å²) in [5.74, 6) is -0.0430. The summed E-state index contributed by atoms with van der Waals surface area (Å²) in [7, 11) is 0. The molecule has 0 aliphatic carbocycles. The minimum atomic E-state index is -0.665. The van der Waals surface area contributed by atoms with Crippen LogP contribution >= 0.6 is 0 Å². The van der Waals surface area contributed by atoms with Gasteiger partial charge in [0.25, 0.3) is 0 Å². The van der Waals surface area contributed by atoms with Crippen LogP contribution in [0.2, 0.25) is 0 Å². The van der Waals surface area contributed by atoms with Gasteiger partial charge in [-0.2, -0.15) is 0 Å². The molecule has 0 saturated heterocycles. The van der Waals surface area contributed by atoms with Gasteiger partial charge in [-0.25, -0.2) is 0 Å². The minimum absolute atomic E-state index is 0.0430. The molecule has 0 fully saturated rings. The van der Waals surface area contributed by atoms with E-state index >= 15 is 0 Å². The van der Waals surface area contributed by atoms with E-state index in [0.29, 0.717) is 12.8 Å². The number of unbranched alkanes of at least 4 members (excludes halogenated alkanes) is 27. The SMILES string of the molecule is CCCCCCC/C=C\C/C=C\C/C=C\CCCCCCCCC(=O)NC(CO)C(O)CCCCCCCCCCCCCCCCCCC. The van der Waals surface area contributed by atoms with Crippen LogP contribution in [-0.4, -0.2) is 34.9 Å². The van der Waals surface area contributed by atoms with Crippen LogP contribution < -0.4 is 5.32 Å². The van der Waals surface area contributed by atoms with Gasteiger partial charge in [0.1, 0.15) is 0 Å². The zero-order chi connectivity index (χ0) is 36.4. The molecule has 294 valence electrons. The van der Waals surface area contributed by atoms with Gasteiger partial charge < -0.3 is 15.5 Å². The molecule has 1 amide bonds. The Morgan fingerprint density at radius 1 is 0.480 bits per heavy atom. The molecule has 4 heteroatoms. The van der Waals surface area contributed by atoms with Crippen molar-refractivity contribution in [3.63, 3.8) is 0 Å². The maximum absolute atomic E-state index is 12.4. The molecular weight excluding hydrogens is 615 g/mol. The number of aliphatic hydroxyl groups excluding tert-OH is 2. The Balaban J connectivity index is 3.56. The Bertz CT molecular complexity index is 760. The number of carbonyl (C=O) groups excluding carboxylic acids is 1. The first-order valence-corrected chi connectivity index (χ1v) is 22.2. The smallest absolute Gasteiger partial charge is 0.220 e. The highest BCUT2D eigenvalue weighted by Gasteiger charge is 2.20. The van der Waals surface area contributed by atoms with Crippen molar-refractivity contribution >= 4 is 5.91 Å². The van der Waals surface area contributed by atoms with Gasteiger partial charge in [0.2, 0.25) is 5.91 Å². The second kappa shape index (κ2) is 42.0. The molecule has 0 bridgehead atoms. The summed E-state index contributed by atoms with van der Waals surface area (Å²) < 4.78 is 0. The fraction of sp³-hybridized carbons (Fsp3) is 0.848. The van der Waals surface area contributed by atoms with Crippen LogP contribution in [0, 0.1) is 0 Å². The fourth-order valence-electron chi connectivity index (χ4n) is 6.72. The third kappa shape index (κ3) is 37.9. The number of allylic oxidation sites excluding steroid dienone is 6. The predicted octanol–water partition coefficient (Wildman–Crippen LogP) is 13.8. The van der Waals surface area contributed by atoms with Gasteiger partial charge in [0.15, 0.2) is 0 Å². The van der Waals surface area contributed by atoms with E-state index in [-0.39, 0.29) is 12.5 Å². The summed E-state index contributed by atoms with van der Waals surface area (Å²) in [5.41, 5.74) is 0. The van der Waals surface area contributed by atoms with Gasteiger partial charge in [-0.15, -0.1) is 0 Å². The second-order valence-electron chi connectivity index (χ2n) is 15.1. The number of carbonyl (C=O) groups is 1. The van der Waals surface area contributed by atoms with Crippen LogP contribution in [-0.2, 0) is 4.79 Å². The Morgan fingerprint density at radius 2 is 0.820 bits per heavy atom.